The van der Waals surface area contributed by atoms with E-state index in [1.54, 1.807) is 0 Å². The average Bonchev–Trinajstić information content (AvgIpc) is 2.16. The quantitative estimate of drug-likeness (QED) is 0.523. The van der Waals surface area contributed by atoms with Gasteiger partial charge in [-0.05, 0) is 12.3 Å². The molecule has 0 aromatic carbocycles. The van der Waals surface area contributed by atoms with Crippen molar-refractivity contribution < 1.29 is 14.6 Å². The summed E-state index contributed by atoms with van der Waals surface area (Å²) >= 11 is 0. The first-order chi connectivity index (χ1) is 6.50. The predicted octanol–water partition coefficient (Wildman–Crippen LogP) is 1.61. The van der Waals surface area contributed by atoms with E-state index in [-0.39, 0.29) is 5.92 Å². The maximum Gasteiger partial charge on any atom is 0.282 e. The molecule has 0 aliphatic carbocycles. The van der Waals surface area contributed by atoms with Crippen molar-refractivity contribution in [2.75, 3.05) is 14.2 Å². The third-order valence-corrected chi connectivity index (χ3v) is 2.43. The Morgan fingerprint density at radius 3 is 2.21 bits per heavy atom. The summed E-state index contributed by atoms with van der Waals surface area (Å²) in [5.74, 6) is 1.34. The van der Waals surface area contributed by atoms with Crippen molar-refractivity contribution in [2.24, 2.45) is 11.8 Å². The SMILES string of the molecule is C#CCC(C)CC(C)C(O)(OC)OC. The van der Waals surface area contributed by atoms with Crippen molar-refractivity contribution in [1.82, 2.24) is 0 Å². The average molecular weight is 200 g/mol. The zero-order valence-corrected chi connectivity index (χ0v) is 9.41. The van der Waals surface area contributed by atoms with Gasteiger partial charge in [-0.2, -0.15) is 0 Å². The molecular weight excluding hydrogens is 180 g/mol. The van der Waals surface area contributed by atoms with Crippen molar-refractivity contribution in [3.05, 3.63) is 0 Å². The molecule has 2 atom stereocenters. The Kier molecular flexibility index (Phi) is 5.78. The number of ether oxygens (including phenoxy) is 2. The Morgan fingerprint density at radius 1 is 1.36 bits per heavy atom. The summed E-state index contributed by atoms with van der Waals surface area (Å²) in [4.78, 5) is 0. The van der Waals surface area contributed by atoms with Crippen LogP contribution in [0.1, 0.15) is 26.7 Å². The fourth-order valence-corrected chi connectivity index (χ4v) is 1.52. The van der Waals surface area contributed by atoms with Crippen molar-refractivity contribution in [3.8, 4) is 12.3 Å². The van der Waals surface area contributed by atoms with Crippen LogP contribution in [0.3, 0.4) is 0 Å². The van der Waals surface area contributed by atoms with Crippen LogP contribution in [0.15, 0.2) is 0 Å². The lowest BCUT2D eigenvalue weighted by molar-refractivity contribution is -0.366. The van der Waals surface area contributed by atoms with Crippen molar-refractivity contribution in [3.63, 3.8) is 0 Å². The van der Waals surface area contributed by atoms with E-state index < -0.39 is 5.97 Å². The summed E-state index contributed by atoms with van der Waals surface area (Å²) in [6.07, 6.45) is 6.67. The van der Waals surface area contributed by atoms with Gasteiger partial charge in [-0.3, -0.25) is 0 Å². The normalized spacial score (nSPS) is 16.0. The zero-order valence-electron chi connectivity index (χ0n) is 9.41. The molecule has 0 spiro atoms. The molecule has 0 saturated heterocycles. The summed E-state index contributed by atoms with van der Waals surface area (Å²) in [7, 11) is 2.84. The number of hydrogen-bond acceptors (Lipinski definition) is 3. The molecule has 3 heteroatoms. The van der Waals surface area contributed by atoms with Gasteiger partial charge in [0.25, 0.3) is 5.97 Å². The van der Waals surface area contributed by atoms with Crippen LogP contribution in [-0.4, -0.2) is 25.3 Å². The minimum Gasteiger partial charge on any atom is -0.343 e. The maximum atomic E-state index is 9.82. The molecule has 0 aliphatic heterocycles. The number of terminal acetylenes is 1. The summed E-state index contributed by atoms with van der Waals surface area (Å²) in [6, 6.07) is 0. The molecule has 0 aromatic rings. The molecule has 0 amide bonds. The van der Waals surface area contributed by atoms with E-state index in [1.807, 2.05) is 13.8 Å². The first-order valence-corrected chi connectivity index (χ1v) is 4.76. The molecule has 0 heterocycles. The highest BCUT2D eigenvalue weighted by molar-refractivity contribution is 4.86. The molecule has 3 nitrogen and oxygen atoms in total. The molecule has 0 fully saturated rings. The molecule has 2 unspecified atom stereocenters. The van der Waals surface area contributed by atoms with E-state index in [0.717, 1.165) is 6.42 Å². The molecule has 1 N–H and O–H groups in total. The van der Waals surface area contributed by atoms with E-state index >= 15 is 0 Å². The van der Waals surface area contributed by atoms with E-state index in [9.17, 15) is 5.11 Å². The second kappa shape index (κ2) is 6.02. The van der Waals surface area contributed by atoms with Crippen LogP contribution >= 0.6 is 0 Å². The fourth-order valence-electron chi connectivity index (χ4n) is 1.52. The first-order valence-electron chi connectivity index (χ1n) is 4.76. The zero-order chi connectivity index (χ0) is 11.2. The Bertz CT molecular complexity index is 191. The smallest absolute Gasteiger partial charge is 0.282 e. The summed E-state index contributed by atoms with van der Waals surface area (Å²) < 4.78 is 9.82. The van der Waals surface area contributed by atoms with E-state index in [0.29, 0.717) is 12.3 Å². The van der Waals surface area contributed by atoms with Crippen LogP contribution in [0.5, 0.6) is 0 Å². The largest absolute Gasteiger partial charge is 0.343 e. The monoisotopic (exact) mass is 200 g/mol. The Hall–Kier alpha value is -0.560. The van der Waals surface area contributed by atoms with Crippen molar-refractivity contribution in [2.45, 2.75) is 32.7 Å². The maximum absolute atomic E-state index is 9.82. The van der Waals surface area contributed by atoms with Gasteiger partial charge in [0.1, 0.15) is 0 Å². The highest BCUT2D eigenvalue weighted by atomic mass is 16.8. The minimum absolute atomic E-state index is 0.110. The van der Waals surface area contributed by atoms with Gasteiger partial charge in [-0.1, -0.05) is 13.8 Å². The van der Waals surface area contributed by atoms with Gasteiger partial charge in [0.15, 0.2) is 0 Å². The molecule has 14 heavy (non-hydrogen) atoms. The van der Waals surface area contributed by atoms with Gasteiger partial charge in [-0.25, -0.2) is 0 Å². The predicted molar refractivity (Wildman–Crippen MR) is 55.4 cm³/mol. The molecule has 0 radical (unpaired) electrons. The van der Waals surface area contributed by atoms with E-state index in [4.69, 9.17) is 15.9 Å². The Labute approximate surface area is 86.4 Å². The second-order valence-electron chi connectivity index (χ2n) is 3.69. The standard InChI is InChI=1S/C11H20O3/c1-6-7-9(2)8-10(3)11(12,13-4)14-5/h1,9-10,12H,7-8H2,2-5H3. The highest BCUT2D eigenvalue weighted by Gasteiger charge is 2.34. The van der Waals surface area contributed by atoms with Crippen LogP contribution < -0.4 is 0 Å². The molecule has 82 valence electrons. The van der Waals surface area contributed by atoms with Gasteiger partial charge in [0, 0.05) is 26.6 Å². The lowest BCUT2D eigenvalue weighted by Gasteiger charge is -2.31. The van der Waals surface area contributed by atoms with Gasteiger partial charge in [-0.15, -0.1) is 12.3 Å². The third kappa shape index (κ3) is 3.67. The first kappa shape index (κ1) is 13.4. The van der Waals surface area contributed by atoms with Gasteiger partial charge >= 0.3 is 0 Å². The Balaban J connectivity index is 4.18. The van der Waals surface area contributed by atoms with Crippen LogP contribution in [0.4, 0.5) is 0 Å². The van der Waals surface area contributed by atoms with E-state index in [1.165, 1.54) is 14.2 Å². The minimum atomic E-state index is -1.50. The van der Waals surface area contributed by atoms with Crippen LogP contribution in [0.2, 0.25) is 0 Å². The van der Waals surface area contributed by atoms with Gasteiger partial charge < -0.3 is 14.6 Å². The molecule has 0 aliphatic rings. The van der Waals surface area contributed by atoms with Crippen LogP contribution in [0, 0.1) is 24.2 Å². The van der Waals surface area contributed by atoms with Gasteiger partial charge in [0.2, 0.25) is 0 Å². The highest BCUT2D eigenvalue weighted by Crippen LogP contribution is 2.26. The molecule has 0 rings (SSSR count). The number of hydrogen-bond donors (Lipinski definition) is 1. The summed E-state index contributed by atoms with van der Waals surface area (Å²) in [5, 5.41) is 9.82. The summed E-state index contributed by atoms with van der Waals surface area (Å²) in [5.41, 5.74) is 0. The number of aliphatic hydroxyl groups is 1. The topological polar surface area (TPSA) is 38.7 Å². The Morgan fingerprint density at radius 2 is 1.86 bits per heavy atom. The lowest BCUT2D eigenvalue weighted by Crippen LogP contribution is -2.41. The third-order valence-electron chi connectivity index (χ3n) is 2.43. The van der Waals surface area contributed by atoms with Gasteiger partial charge in [0.05, 0.1) is 0 Å². The number of methoxy groups -OCH3 is 2. The number of rotatable bonds is 6. The molecule has 0 saturated carbocycles. The van der Waals surface area contributed by atoms with Crippen LogP contribution in [-0.2, 0) is 9.47 Å². The van der Waals surface area contributed by atoms with Crippen molar-refractivity contribution >= 4 is 0 Å². The lowest BCUT2D eigenvalue weighted by atomic mass is 9.93. The molecular formula is C11H20O3. The summed E-state index contributed by atoms with van der Waals surface area (Å²) in [6.45, 7) is 3.92. The molecule has 0 aromatic heterocycles. The fraction of sp³-hybridized carbons (Fsp3) is 0.818. The second-order valence-corrected chi connectivity index (χ2v) is 3.69. The van der Waals surface area contributed by atoms with Crippen molar-refractivity contribution in [1.29, 1.82) is 0 Å². The van der Waals surface area contributed by atoms with E-state index in [2.05, 4.69) is 5.92 Å². The molecule has 0 bridgehead atoms. The van der Waals surface area contributed by atoms with Crippen LogP contribution in [0.25, 0.3) is 0 Å².